The number of rotatable bonds is 6. The Balaban J connectivity index is 2.22. The van der Waals surface area contributed by atoms with Gasteiger partial charge in [0.15, 0.2) is 4.67 Å². The molecule has 1 atom stereocenters. The van der Waals surface area contributed by atoms with Crippen molar-refractivity contribution in [3.05, 3.63) is 46.6 Å². The summed E-state index contributed by atoms with van der Waals surface area (Å²) in [6, 6.07) is 6.41. The number of aromatic nitrogens is 1. The average Bonchev–Trinajstić information content (AvgIpc) is 2.81. The van der Waals surface area contributed by atoms with Crippen molar-refractivity contribution >= 4 is 26.0 Å². The van der Waals surface area contributed by atoms with Crippen molar-refractivity contribution in [2.45, 2.75) is 24.4 Å². The molecule has 0 aromatic carbocycles. The molecule has 0 saturated carbocycles. The second-order valence-corrected chi connectivity index (χ2v) is 6.88. The maximum atomic E-state index is 12.4. The van der Waals surface area contributed by atoms with E-state index in [0.717, 1.165) is 0 Å². The van der Waals surface area contributed by atoms with E-state index in [1.54, 1.807) is 32.3 Å². The molecule has 1 unspecified atom stereocenters. The van der Waals surface area contributed by atoms with Crippen LogP contribution in [0.3, 0.4) is 0 Å². The normalized spacial score (nSPS) is 13.3. The monoisotopic (exact) mass is 373 g/mol. The summed E-state index contributed by atoms with van der Waals surface area (Å²) in [6.07, 6.45) is 1.62. The lowest BCUT2D eigenvalue weighted by Crippen LogP contribution is -2.27. The van der Waals surface area contributed by atoms with Crippen LogP contribution in [0.2, 0.25) is 0 Å². The van der Waals surface area contributed by atoms with E-state index in [-0.39, 0.29) is 9.56 Å². The van der Waals surface area contributed by atoms with Crippen LogP contribution in [0.5, 0.6) is 0 Å². The molecule has 0 fully saturated rings. The van der Waals surface area contributed by atoms with Crippen molar-refractivity contribution in [3.8, 4) is 0 Å². The van der Waals surface area contributed by atoms with Gasteiger partial charge in [-0.3, -0.25) is 4.98 Å². The molecule has 0 radical (unpaired) electrons. The lowest BCUT2D eigenvalue weighted by atomic mass is 10.2. The summed E-state index contributed by atoms with van der Waals surface area (Å²) in [5, 5.41) is 2.90. The Kier molecular flexibility index (Phi) is 5.15. The molecule has 2 aromatic heterocycles. The van der Waals surface area contributed by atoms with Crippen molar-refractivity contribution in [3.63, 3.8) is 0 Å². The average molecular weight is 374 g/mol. The number of furan rings is 1. The molecule has 0 saturated heterocycles. The van der Waals surface area contributed by atoms with Crippen LogP contribution in [0, 0.1) is 0 Å². The van der Waals surface area contributed by atoms with Gasteiger partial charge in [0.2, 0.25) is 10.0 Å². The number of nitrogens with one attached hydrogen (secondary N) is 2. The van der Waals surface area contributed by atoms with E-state index in [2.05, 4.69) is 31.0 Å². The molecule has 0 aliphatic carbocycles. The quantitative estimate of drug-likeness (QED) is 0.810. The summed E-state index contributed by atoms with van der Waals surface area (Å²) in [5.41, 5.74) is 0.649. The molecule has 8 heteroatoms. The smallest absolute Gasteiger partial charge is 0.245 e. The molecule has 0 amide bonds. The van der Waals surface area contributed by atoms with Gasteiger partial charge in [0.1, 0.15) is 10.7 Å². The summed E-state index contributed by atoms with van der Waals surface area (Å²) < 4.78 is 32.9. The van der Waals surface area contributed by atoms with Crippen molar-refractivity contribution in [1.82, 2.24) is 15.0 Å². The first-order valence-electron chi connectivity index (χ1n) is 6.30. The van der Waals surface area contributed by atoms with Gasteiger partial charge in [-0.1, -0.05) is 6.07 Å². The molecule has 2 heterocycles. The van der Waals surface area contributed by atoms with Crippen molar-refractivity contribution in [2.75, 3.05) is 7.05 Å². The predicted molar refractivity (Wildman–Crippen MR) is 82.1 cm³/mol. The summed E-state index contributed by atoms with van der Waals surface area (Å²) in [5.74, 6) is 0.537. The molecular weight excluding hydrogens is 358 g/mol. The molecule has 114 valence electrons. The Morgan fingerprint density at radius 1 is 1.43 bits per heavy atom. The second kappa shape index (κ2) is 6.69. The van der Waals surface area contributed by atoms with Gasteiger partial charge in [0.25, 0.3) is 0 Å². The summed E-state index contributed by atoms with van der Waals surface area (Å²) >= 11 is 3.14. The Morgan fingerprint density at radius 3 is 2.81 bits per heavy atom. The van der Waals surface area contributed by atoms with E-state index < -0.39 is 16.1 Å². The highest BCUT2D eigenvalue weighted by atomic mass is 79.9. The first-order chi connectivity index (χ1) is 9.94. The Bertz CT molecular complexity index is 701. The van der Waals surface area contributed by atoms with Gasteiger partial charge in [-0.2, -0.15) is 0 Å². The second-order valence-electron chi connectivity index (χ2n) is 4.48. The minimum Gasteiger partial charge on any atom is -0.452 e. The Morgan fingerprint density at radius 2 is 2.19 bits per heavy atom. The third-order valence-electron chi connectivity index (χ3n) is 2.81. The highest BCUT2D eigenvalue weighted by molar-refractivity contribution is 9.10. The third-order valence-corrected chi connectivity index (χ3v) is 5.21. The molecule has 2 aromatic rings. The van der Waals surface area contributed by atoms with E-state index in [0.29, 0.717) is 18.0 Å². The first-order valence-corrected chi connectivity index (χ1v) is 8.57. The first kappa shape index (κ1) is 16.2. The summed E-state index contributed by atoms with van der Waals surface area (Å²) in [6.45, 7) is 2.19. The molecule has 21 heavy (non-hydrogen) atoms. The van der Waals surface area contributed by atoms with Crippen LogP contribution in [0.4, 0.5) is 0 Å². The largest absolute Gasteiger partial charge is 0.452 e. The van der Waals surface area contributed by atoms with Gasteiger partial charge in [0.05, 0.1) is 18.3 Å². The van der Waals surface area contributed by atoms with Crippen molar-refractivity contribution < 1.29 is 12.8 Å². The van der Waals surface area contributed by atoms with Gasteiger partial charge in [-0.25, -0.2) is 13.1 Å². The summed E-state index contributed by atoms with van der Waals surface area (Å²) in [7, 11) is -1.94. The van der Waals surface area contributed by atoms with Crippen LogP contribution in [-0.4, -0.2) is 20.4 Å². The van der Waals surface area contributed by atoms with E-state index >= 15 is 0 Å². The number of hydrogen-bond donors (Lipinski definition) is 2. The van der Waals surface area contributed by atoms with Crippen LogP contribution < -0.4 is 10.0 Å². The fourth-order valence-electron chi connectivity index (χ4n) is 1.83. The maximum absolute atomic E-state index is 12.4. The molecule has 2 rings (SSSR count). The zero-order chi connectivity index (χ0) is 15.5. The molecule has 0 aliphatic heterocycles. The fourth-order valence-corrected chi connectivity index (χ4v) is 4.05. The SMILES string of the molecule is CNCc1cc(S(=O)(=O)NC(C)c2ccccn2)c(Br)o1. The zero-order valence-electron chi connectivity index (χ0n) is 11.6. The van der Waals surface area contributed by atoms with E-state index in [4.69, 9.17) is 4.42 Å². The zero-order valence-corrected chi connectivity index (χ0v) is 14.0. The van der Waals surface area contributed by atoms with E-state index in [1.165, 1.54) is 6.07 Å². The minimum atomic E-state index is -3.69. The Labute approximate surface area is 132 Å². The number of halogens is 1. The van der Waals surface area contributed by atoms with Crippen LogP contribution in [0.25, 0.3) is 0 Å². The number of pyridine rings is 1. The lowest BCUT2D eigenvalue weighted by Gasteiger charge is -2.12. The predicted octanol–water partition coefficient (Wildman–Crippen LogP) is 2.20. The molecule has 0 aliphatic rings. The van der Waals surface area contributed by atoms with Gasteiger partial charge >= 0.3 is 0 Å². The third kappa shape index (κ3) is 3.91. The highest BCUT2D eigenvalue weighted by Gasteiger charge is 2.25. The Hall–Kier alpha value is -1.22. The molecule has 2 N–H and O–H groups in total. The number of hydrogen-bond acceptors (Lipinski definition) is 5. The van der Waals surface area contributed by atoms with Crippen LogP contribution in [0.15, 0.2) is 44.4 Å². The van der Waals surface area contributed by atoms with Gasteiger partial charge in [-0.05, 0) is 42.0 Å². The van der Waals surface area contributed by atoms with Gasteiger partial charge in [-0.15, -0.1) is 0 Å². The number of nitrogens with zero attached hydrogens (tertiary/aromatic N) is 1. The molecular formula is C13H16BrN3O3S. The van der Waals surface area contributed by atoms with Gasteiger partial charge in [0, 0.05) is 12.3 Å². The topological polar surface area (TPSA) is 84.2 Å². The lowest BCUT2D eigenvalue weighted by molar-refractivity contribution is 0.469. The molecule has 0 bridgehead atoms. The fraction of sp³-hybridized carbons (Fsp3) is 0.308. The number of sulfonamides is 1. The molecule has 0 spiro atoms. The van der Waals surface area contributed by atoms with E-state index in [9.17, 15) is 8.42 Å². The van der Waals surface area contributed by atoms with Crippen molar-refractivity contribution in [2.24, 2.45) is 0 Å². The van der Waals surface area contributed by atoms with Crippen LogP contribution in [-0.2, 0) is 16.6 Å². The van der Waals surface area contributed by atoms with Crippen molar-refractivity contribution in [1.29, 1.82) is 0 Å². The van der Waals surface area contributed by atoms with E-state index in [1.807, 2.05) is 6.07 Å². The standard InChI is InChI=1S/C13H16BrN3O3S/c1-9(11-5-3-4-6-16-11)17-21(18,19)12-7-10(8-15-2)20-13(12)14/h3-7,9,15,17H,8H2,1-2H3. The summed E-state index contributed by atoms with van der Waals surface area (Å²) in [4.78, 5) is 4.22. The van der Waals surface area contributed by atoms with Gasteiger partial charge < -0.3 is 9.73 Å². The van der Waals surface area contributed by atoms with Crippen LogP contribution in [0.1, 0.15) is 24.4 Å². The molecule has 6 nitrogen and oxygen atoms in total. The minimum absolute atomic E-state index is 0.0792. The van der Waals surface area contributed by atoms with Crippen LogP contribution >= 0.6 is 15.9 Å². The maximum Gasteiger partial charge on any atom is 0.245 e. The highest BCUT2D eigenvalue weighted by Crippen LogP contribution is 2.27.